The van der Waals surface area contributed by atoms with Gasteiger partial charge in [-0.1, -0.05) is 11.6 Å². The first-order valence-electron chi connectivity index (χ1n) is 12.2. The highest BCUT2D eigenvalue weighted by molar-refractivity contribution is 6.32. The van der Waals surface area contributed by atoms with Gasteiger partial charge >= 0.3 is 0 Å². The Morgan fingerprint density at radius 2 is 1.89 bits per heavy atom. The van der Waals surface area contributed by atoms with Crippen molar-refractivity contribution in [2.24, 2.45) is 17.6 Å². The van der Waals surface area contributed by atoms with Crippen LogP contribution in [0.15, 0.2) is 23.0 Å². The largest absolute Gasteiger partial charge is 0.508 e. The van der Waals surface area contributed by atoms with E-state index in [1.54, 1.807) is 7.11 Å². The van der Waals surface area contributed by atoms with E-state index < -0.39 is 52.0 Å². The molecule has 37 heavy (non-hydrogen) atoms. The zero-order valence-electron chi connectivity index (χ0n) is 20.3. The van der Waals surface area contributed by atoms with Crippen molar-refractivity contribution in [3.05, 3.63) is 44.7 Å². The summed E-state index contributed by atoms with van der Waals surface area (Å²) < 4.78 is 5.42. The predicted molar refractivity (Wildman–Crippen MR) is 132 cm³/mol. The maximum Gasteiger partial charge on any atom is 0.255 e. The number of Topliss-reactive ketones (excluding diaryl/α,β-unsaturated/α-hetero) is 2. The molecule has 1 aromatic carbocycles. The van der Waals surface area contributed by atoms with Crippen LogP contribution in [0.5, 0.6) is 5.75 Å². The van der Waals surface area contributed by atoms with Gasteiger partial charge in [-0.05, 0) is 48.8 Å². The Hall–Kier alpha value is -2.92. The average Bonchev–Trinajstić information content (AvgIpc) is 2.84. The molecule has 2 fully saturated rings. The van der Waals surface area contributed by atoms with Crippen molar-refractivity contribution in [2.75, 3.05) is 20.2 Å². The summed E-state index contributed by atoms with van der Waals surface area (Å²) in [5.41, 5.74) is 2.79. The topological polar surface area (TPSA) is 171 Å². The fourth-order valence-corrected chi connectivity index (χ4v) is 6.67. The van der Waals surface area contributed by atoms with Crippen molar-refractivity contribution in [2.45, 2.75) is 50.4 Å². The molecule has 0 bridgehead atoms. The Morgan fingerprint density at radius 1 is 1.22 bits per heavy atom. The maximum absolute atomic E-state index is 13.5. The molecule has 198 valence electrons. The molecule has 1 unspecified atom stereocenters. The molecule has 4 aliphatic rings. The second-order valence-electron chi connectivity index (χ2n) is 10.3. The van der Waals surface area contributed by atoms with Crippen LogP contribution in [0.2, 0.25) is 5.02 Å². The molecule has 3 atom stereocenters. The number of phenols is 1. The molecule has 10 nitrogen and oxygen atoms in total. The van der Waals surface area contributed by atoms with E-state index in [1.165, 1.54) is 6.07 Å². The van der Waals surface area contributed by atoms with Crippen molar-refractivity contribution in [3.8, 4) is 5.75 Å². The van der Waals surface area contributed by atoms with Crippen LogP contribution in [0, 0.1) is 11.8 Å². The quantitative estimate of drug-likeness (QED) is 0.362. The number of ketones is 2. The monoisotopic (exact) mass is 532 g/mol. The number of piperidine rings is 1. The molecule has 1 saturated carbocycles. The summed E-state index contributed by atoms with van der Waals surface area (Å²) in [5.74, 6) is -6.56. The number of fused-ring (bicyclic) bond motifs is 3. The molecule has 5 rings (SSSR count). The van der Waals surface area contributed by atoms with Gasteiger partial charge < -0.3 is 30.9 Å². The van der Waals surface area contributed by atoms with Gasteiger partial charge in [0.15, 0.2) is 11.4 Å². The third kappa shape index (κ3) is 3.85. The number of nitrogens with zero attached hydrogens (tertiary/aromatic N) is 1. The zero-order chi connectivity index (χ0) is 26.8. The van der Waals surface area contributed by atoms with Gasteiger partial charge in [-0.25, -0.2) is 0 Å². The molecule has 11 heteroatoms. The van der Waals surface area contributed by atoms with Gasteiger partial charge in [-0.2, -0.15) is 0 Å². The SMILES string of the molecule is COC1CCN(Cc2cc(O)c3c(c2Cl)CC2C[C@H]4CC(=O)C(C(N)=O)=C(O)[C@@]4(O)C(=O)C2=C3O)CC1. The minimum atomic E-state index is -2.58. The lowest BCUT2D eigenvalue weighted by Crippen LogP contribution is -2.58. The minimum absolute atomic E-state index is 0.000953. The summed E-state index contributed by atoms with van der Waals surface area (Å²) in [7, 11) is 1.70. The minimum Gasteiger partial charge on any atom is -0.508 e. The van der Waals surface area contributed by atoms with Crippen LogP contribution in [-0.2, 0) is 32.1 Å². The zero-order valence-corrected chi connectivity index (χ0v) is 21.0. The summed E-state index contributed by atoms with van der Waals surface area (Å²) >= 11 is 6.79. The fourth-order valence-electron chi connectivity index (χ4n) is 6.38. The molecule has 0 spiro atoms. The Kier molecular flexibility index (Phi) is 6.34. The second-order valence-corrected chi connectivity index (χ2v) is 10.7. The molecule has 0 aromatic heterocycles. The molecule has 3 aliphatic carbocycles. The molecule has 6 N–H and O–H groups in total. The van der Waals surface area contributed by atoms with Crippen molar-refractivity contribution in [1.82, 2.24) is 4.90 Å². The highest BCUT2D eigenvalue weighted by Gasteiger charge is 2.60. The van der Waals surface area contributed by atoms with Gasteiger partial charge in [0.1, 0.15) is 22.8 Å². The van der Waals surface area contributed by atoms with E-state index in [4.69, 9.17) is 22.1 Å². The number of phenolic OH excluding ortho intramolecular Hbond substituents is 1. The Bertz CT molecular complexity index is 1280. The number of rotatable bonds is 4. The number of primary amides is 1. The first-order valence-corrected chi connectivity index (χ1v) is 12.6. The number of halogens is 1. The lowest BCUT2D eigenvalue weighted by Gasteiger charge is -2.46. The summed E-state index contributed by atoms with van der Waals surface area (Å²) in [4.78, 5) is 40.0. The number of carbonyl (C=O) groups excluding carboxylic acids is 3. The normalized spacial score (nSPS) is 28.7. The first kappa shape index (κ1) is 25.7. The van der Waals surface area contributed by atoms with Crippen LogP contribution < -0.4 is 5.73 Å². The van der Waals surface area contributed by atoms with Crippen LogP contribution in [-0.4, -0.2) is 74.7 Å². The van der Waals surface area contributed by atoms with E-state index in [-0.39, 0.29) is 42.3 Å². The van der Waals surface area contributed by atoms with Crippen LogP contribution in [0.4, 0.5) is 0 Å². The number of ether oxygens (including phenoxy) is 1. The molecule has 1 heterocycles. The van der Waals surface area contributed by atoms with Crippen LogP contribution >= 0.6 is 11.6 Å². The number of likely N-dealkylation sites (tertiary alicyclic amines) is 1. The smallest absolute Gasteiger partial charge is 0.255 e. The van der Waals surface area contributed by atoms with Gasteiger partial charge in [0.05, 0.1) is 11.7 Å². The molecule has 1 amide bonds. The Morgan fingerprint density at radius 3 is 2.51 bits per heavy atom. The van der Waals surface area contributed by atoms with E-state index in [9.17, 15) is 34.8 Å². The highest BCUT2D eigenvalue weighted by Crippen LogP contribution is 2.53. The maximum atomic E-state index is 13.5. The number of hydrogen-bond donors (Lipinski definition) is 5. The third-order valence-electron chi connectivity index (χ3n) is 8.33. The standard InChI is InChI=1S/C26H29ClN2O8/c1-37-14-2-4-29(5-3-14)10-12-8-16(30)19-15(21(12)27)7-11-6-13-9-17(31)20(25(28)35)24(34)26(13,36)23(33)18(11)22(19)32/h8,11,13-14,30,32,34,36H,2-7,9-10H2,1H3,(H2,28,35)/t11?,13-,26-/m0/s1. The van der Waals surface area contributed by atoms with E-state index in [2.05, 4.69) is 4.90 Å². The molecule has 0 radical (unpaired) electrons. The predicted octanol–water partition coefficient (Wildman–Crippen LogP) is 1.69. The number of aliphatic hydroxyl groups excluding tert-OH is 2. The second kappa shape index (κ2) is 9.13. The number of aliphatic hydroxyl groups is 3. The Labute approximate surface area is 218 Å². The molecular formula is C26H29ClN2O8. The van der Waals surface area contributed by atoms with Crippen molar-refractivity contribution in [3.63, 3.8) is 0 Å². The van der Waals surface area contributed by atoms with E-state index >= 15 is 0 Å². The first-order chi connectivity index (χ1) is 17.5. The van der Waals surface area contributed by atoms with Gasteiger partial charge in [-0.3, -0.25) is 19.3 Å². The molecule has 1 aromatic rings. The van der Waals surface area contributed by atoms with E-state index in [1.807, 2.05) is 0 Å². The third-order valence-corrected chi connectivity index (χ3v) is 8.80. The number of methoxy groups -OCH3 is 1. The van der Waals surface area contributed by atoms with Crippen LogP contribution in [0.25, 0.3) is 5.76 Å². The van der Waals surface area contributed by atoms with Gasteiger partial charge in [-0.15, -0.1) is 0 Å². The lowest BCUT2D eigenvalue weighted by molar-refractivity contribution is -0.147. The van der Waals surface area contributed by atoms with Gasteiger partial charge in [0, 0.05) is 49.7 Å². The van der Waals surface area contributed by atoms with Gasteiger partial charge in [0.2, 0.25) is 5.78 Å². The van der Waals surface area contributed by atoms with Crippen molar-refractivity contribution < 1.29 is 39.5 Å². The Balaban J connectivity index is 1.54. The number of amides is 1. The number of carbonyl (C=O) groups is 3. The fraction of sp³-hybridized carbons (Fsp3) is 0.500. The summed E-state index contributed by atoms with van der Waals surface area (Å²) in [5, 5.41) is 44.3. The van der Waals surface area contributed by atoms with E-state index in [0.29, 0.717) is 22.7 Å². The van der Waals surface area contributed by atoms with Crippen LogP contribution in [0.1, 0.15) is 42.4 Å². The van der Waals surface area contributed by atoms with E-state index in [0.717, 1.165) is 25.9 Å². The van der Waals surface area contributed by atoms with Gasteiger partial charge in [0.25, 0.3) is 5.91 Å². The number of aromatic hydroxyl groups is 1. The van der Waals surface area contributed by atoms with Crippen molar-refractivity contribution >= 4 is 34.8 Å². The summed E-state index contributed by atoms with van der Waals surface area (Å²) in [6.45, 7) is 2.10. The molecule has 1 saturated heterocycles. The van der Waals surface area contributed by atoms with Crippen molar-refractivity contribution in [1.29, 1.82) is 0 Å². The van der Waals surface area contributed by atoms with Crippen LogP contribution in [0.3, 0.4) is 0 Å². The number of nitrogens with two attached hydrogens (primary N) is 1. The summed E-state index contributed by atoms with van der Waals surface area (Å²) in [6.07, 6.45) is 1.85. The highest BCUT2D eigenvalue weighted by atomic mass is 35.5. The lowest BCUT2D eigenvalue weighted by atomic mass is 9.59. The number of hydrogen-bond acceptors (Lipinski definition) is 9. The summed E-state index contributed by atoms with van der Waals surface area (Å²) in [6, 6.07) is 1.47. The molecule has 1 aliphatic heterocycles. The molecular weight excluding hydrogens is 504 g/mol. The average molecular weight is 533 g/mol. The number of benzene rings is 1.